The molecule has 1 aliphatic rings. The summed E-state index contributed by atoms with van der Waals surface area (Å²) in [6.45, 7) is 3.61. The first-order chi connectivity index (χ1) is 9.69. The summed E-state index contributed by atoms with van der Waals surface area (Å²) in [6.07, 6.45) is 2.29. The normalized spacial score (nSPS) is 17.1. The molecule has 0 aromatic heterocycles. The second-order valence-corrected chi connectivity index (χ2v) is 5.02. The highest BCUT2D eigenvalue weighted by atomic mass is 35.5. The molecule has 2 N–H and O–H groups in total. The Kier molecular flexibility index (Phi) is 7.50. The maximum absolute atomic E-state index is 11.7. The van der Waals surface area contributed by atoms with Crippen LogP contribution in [0.5, 0.6) is 5.75 Å². The molecule has 1 atom stereocenters. The van der Waals surface area contributed by atoms with E-state index in [1.807, 2.05) is 25.1 Å². The van der Waals surface area contributed by atoms with Crippen LogP contribution in [-0.4, -0.2) is 38.8 Å². The Balaban J connectivity index is 0.00000220. The fraction of sp³-hybridized carbons (Fsp3) is 0.533. The van der Waals surface area contributed by atoms with Crippen LogP contribution in [0.25, 0.3) is 0 Å². The number of aryl methyl sites for hydroxylation is 1. The molecule has 0 aliphatic carbocycles. The summed E-state index contributed by atoms with van der Waals surface area (Å²) < 4.78 is 11.4. The standard InChI is InChI=1S/C15H22N2O3.ClH/c1-11-5-6-13(17-15(18)9-16-2)14(8-11)20-10-12-4-3-7-19-12;/h5-6,8,12,16H,3-4,7,9-10H2,1-2H3,(H,17,18);1H. The van der Waals surface area contributed by atoms with Crippen molar-refractivity contribution in [3.05, 3.63) is 23.8 Å². The summed E-state index contributed by atoms with van der Waals surface area (Å²) in [5, 5.41) is 5.67. The maximum atomic E-state index is 11.7. The number of ether oxygens (including phenoxy) is 2. The number of benzene rings is 1. The van der Waals surface area contributed by atoms with Crippen LogP contribution in [0.1, 0.15) is 18.4 Å². The highest BCUT2D eigenvalue weighted by Crippen LogP contribution is 2.26. The third-order valence-electron chi connectivity index (χ3n) is 3.20. The lowest BCUT2D eigenvalue weighted by atomic mass is 10.2. The van der Waals surface area contributed by atoms with Crippen molar-refractivity contribution >= 4 is 24.0 Å². The fourth-order valence-electron chi connectivity index (χ4n) is 2.17. The lowest BCUT2D eigenvalue weighted by Crippen LogP contribution is -2.25. The minimum absolute atomic E-state index is 0. The van der Waals surface area contributed by atoms with Gasteiger partial charge in [0.05, 0.1) is 18.3 Å². The van der Waals surface area contributed by atoms with Crippen LogP contribution < -0.4 is 15.4 Å². The van der Waals surface area contributed by atoms with Crippen molar-refractivity contribution in [1.29, 1.82) is 0 Å². The van der Waals surface area contributed by atoms with Crippen molar-refractivity contribution in [3.63, 3.8) is 0 Å². The van der Waals surface area contributed by atoms with Crippen LogP contribution in [0.4, 0.5) is 5.69 Å². The van der Waals surface area contributed by atoms with Crippen LogP contribution in [0, 0.1) is 6.92 Å². The molecule has 1 amide bonds. The smallest absolute Gasteiger partial charge is 0.238 e. The van der Waals surface area contributed by atoms with E-state index in [1.165, 1.54) is 0 Å². The van der Waals surface area contributed by atoms with Gasteiger partial charge in [-0.15, -0.1) is 12.4 Å². The van der Waals surface area contributed by atoms with E-state index in [0.29, 0.717) is 18.0 Å². The Labute approximate surface area is 131 Å². The average molecular weight is 315 g/mol. The monoisotopic (exact) mass is 314 g/mol. The number of nitrogens with one attached hydrogen (secondary N) is 2. The first-order valence-electron chi connectivity index (χ1n) is 6.98. The van der Waals surface area contributed by atoms with Gasteiger partial charge in [0.2, 0.25) is 5.91 Å². The Morgan fingerprint density at radius 1 is 1.48 bits per heavy atom. The summed E-state index contributed by atoms with van der Waals surface area (Å²) in [4.78, 5) is 11.7. The minimum Gasteiger partial charge on any atom is -0.489 e. The van der Waals surface area contributed by atoms with Crippen molar-refractivity contribution in [2.45, 2.75) is 25.9 Å². The number of likely N-dealkylation sites (N-methyl/N-ethyl adjacent to an activating group) is 1. The summed E-state index contributed by atoms with van der Waals surface area (Å²) in [5.74, 6) is 0.614. The molecule has 21 heavy (non-hydrogen) atoms. The van der Waals surface area contributed by atoms with Gasteiger partial charge in [0.25, 0.3) is 0 Å². The Hall–Kier alpha value is -1.30. The molecule has 0 saturated carbocycles. The van der Waals surface area contributed by atoms with Gasteiger partial charge in [-0.05, 0) is 44.5 Å². The molecule has 1 aromatic rings. The predicted octanol–water partition coefficient (Wildman–Crippen LogP) is 2.13. The minimum atomic E-state index is -0.0849. The number of anilines is 1. The van der Waals surface area contributed by atoms with Crippen LogP contribution in [0.2, 0.25) is 0 Å². The average Bonchev–Trinajstić information content (AvgIpc) is 2.92. The molecule has 1 saturated heterocycles. The molecule has 0 spiro atoms. The Morgan fingerprint density at radius 3 is 2.95 bits per heavy atom. The zero-order valence-corrected chi connectivity index (χ0v) is 13.3. The van der Waals surface area contributed by atoms with Gasteiger partial charge in [0.15, 0.2) is 0 Å². The number of hydrogen-bond acceptors (Lipinski definition) is 4. The van der Waals surface area contributed by atoms with Crippen molar-refractivity contribution < 1.29 is 14.3 Å². The van der Waals surface area contributed by atoms with Crippen molar-refractivity contribution in [2.24, 2.45) is 0 Å². The summed E-state index contributed by atoms with van der Waals surface area (Å²) in [7, 11) is 1.74. The van der Waals surface area contributed by atoms with E-state index >= 15 is 0 Å². The third-order valence-corrected chi connectivity index (χ3v) is 3.20. The van der Waals surface area contributed by atoms with Gasteiger partial charge < -0.3 is 20.1 Å². The molecule has 0 radical (unpaired) electrons. The number of halogens is 1. The molecule has 1 aromatic carbocycles. The molecule has 1 aliphatic heterocycles. The van der Waals surface area contributed by atoms with Gasteiger partial charge in [-0.2, -0.15) is 0 Å². The third kappa shape index (κ3) is 5.53. The molecule has 2 rings (SSSR count). The number of carbonyl (C=O) groups is 1. The van der Waals surface area contributed by atoms with Crippen LogP contribution >= 0.6 is 12.4 Å². The van der Waals surface area contributed by atoms with Crippen LogP contribution in [-0.2, 0) is 9.53 Å². The molecule has 6 heteroatoms. The van der Waals surface area contributed by atoms with E-state index in [9.17, 15) is 4.79 Å². The van der Waals surface area contributed by atoms with Crippen molar-refractivity contribution in [1.82, 2.24) is 5.32 Å². The summed E-state index contributed by atoms with van der Waals surface area (Å²) >= 11 is 0. The molecular formula is C15H23ClN2O3. The second kappa shape index (κ2) is 8.87. The second-order valence-electron chi connectivity index (χ2n) is 5.02. The molecule has 1 fully saturated rings. The van der Waals surface area contributed by atoms with E-state index in [4.69, 9.17) is 9.47 Å². The van der Waals surface area contributed by atoms with Crippen molar-refractivity contribution in [3.8, 4) is 5.75 Å². The largest absolute Gasteiger partial charge is 0.489 e. The first kappa shape index (κ1) is 17.8. The quantitative estimate of drug-likeness (QED) is 0.844. The highest BCUT2D eigenvalue weighted by molar-refractivity contribution is 5.93. The van der Waals surface area contributed by atoms with Crippen LogP contribution in [0.15, 0.2) is 18.2 Å². The number of carbonyl (C=O) groups excluding carboxylic acids is 1. The first-order valence-corrected chi connectivity index (χ1v) is 6.98. The highest BCUT2D eigenvalue weighted by Gasteiger charge is 2.17. The van der Waals surface area contributed by atoms with Gasteiger partial charge in [-0.3, -0.25) is 4.79 Å². The topological polar surface area (TPSA) is 59.6 Å². The Morgan fingerprint density at radius 2 is 2.29 bits per heavy atom. The van der Waals surface area contributed by atoms with Gasteiger partial charge in [0, 0.05) is 6.61 Å². The van der Waals surface area contributed by atoms with Gasteiger partial charge >= 0.3 is 0 Å². The van der Waals surface area contributed by atoms with E-state index in [-0.39, 0.29) is 31.0 Å². The molecule has 118 valence electrons. The molecular weight excluding hydrogens is 292 g/mol. The van der Waals surface area contributed by atoms with E-state index in [0.717, 1.165) is 25.0 Å². The maximum Gasteiger partial charge on any atom is 0.238 e. The van der Waals surface area contributed by atoms with Gasteiger partial charge in [-0.25, -0.2) is 0 Å². The summed E-state index contributed by atoms with van der Waals surface area (Å²) in [5.41, 5.74) is 1.80. The number of amides is 1. The molecule has 1 heterocycles. The summed E-state index contributed by atoms with van der Waals surface area (Å²) in [6, 6.07) is 5.76. The Bertz CT molecular complexity index is 462. The lowest BCUT2D eigenvalue weighted by Gasteiger charge is -2.16. The molecule has 1 unspecified atom stereocenters. The lowest BCUT2D eigenvalue weighted by molar-refractivity contribution is -0.115. The number of hydrogen-bond donors (Lipinski definition) is 2. The van der Waals surface area contributed by atoms with Crippen LogP contribution in [0.3, 0.4) is 0 Å². The van der Waals surface area contributed by atoms with E-state index in [2.05, 4.69) is 10.6 Å². The zero-order chi connectivity index (χ0) is 14.4. The predicted molar refractivity (Wildman–Crippen MR) is 85.5 cm³/mol. The SMILES string of the molecule is CNCC(=O)Nc1ccc(C)cc1OCC1CCCO1.Cl. The molecule has 0 bridgehead atoms. The van der Waals surface area contributed by atoms with Gasteiger partial charge in [0.1, 0.15) is 12.4 Å². The van der Waals surface area contributed by atoms with E-state index < -0.39 is 0 Å². The van der Waals surface area contributed by atoms with Gasteiger partial charge in [-0.1, -0.05) is 6.07 Å². The van der Waals surface area contributed by atoms with E-state index in [1.54, 1.807) is 7.05 Å². The number of rotatable bonds is 6. The van der Waals surface area contributed by atoms with Crippen molar-refractivity contribution in [2.75, 3.05) is 32.1 Å². The molecule has 5 nitrogen and oxygen atoms in total. The zero-order valence-electron chi connectivity index (χ0n) is 12.5. The fourth-order valence-corrected chi connectivity index (χ4v) is 2.17.